The van der Waals surface area contributed by atoms with Crippen LogP contribution in [-0.2, 0) is 14.6 Å². The first-order valence-corrected chi connectivity index (χ1v) is 7.32. The van der Waals surface area contributed by atoms with Crippen LogP contribution in [0.4, 0.5) is 0 Å². The van der Waals surface area contributed by atoms with Crippen molar-refractivity contribution in [2.24, 2.45) is 0 Å². The van der Waals surface area contributed by atoms with E-state index in [1.54, 1.807) is 0 Å². The maximum atomic E-state index is 12.0. The average Bonchev–Trinajstić information content (AvgIpc) is 2.36. The molecule has 0 aliphatic rings. The smallest absolute Gasteiger partial charge is 0.188 e. The molecule has 0 N–H and O–H groups in total. The fraction of sp³-hybridized carbons (Fsp3) is 0.333. The van der Waals surface area contributed by atoms with Crippen molar-refractivity contribution in [2.45, 2.75) is 24.0 Å². The Morgan fingerprint density at radius 2 is 1.72 bits per heavy atom. The van der Waals surface area contributed by atoms with Gasteiger partial charge in [0.05, 0.1) is 10.8 Å². The number of carbonyl (C=O) groups is 2. The van der Waals surface area contributed by atoms with Gasteiger partial charge < -0.3 is 0 Å². The lowest BCUT2D eigenvalue weighted by Crippen LogP contribution is -2.25. The third-order valence-electron chi connectivity index (χ3n) is 2.66. The molecule has 0 aromatic heterocycles. The zero-order valence-corrected chi connectivity index (χ0v) is 11.6. The molecule has 0 aliphatic carbocycles. The highest BCUT2D eigenvalue weighted by molar-refractivity contribution is 7.92. The molecular weight excluding hydrogens is 276 g/mol. The van der Waals surface area contributed by atoms with Crippen molar-refractivity contribution < 1.29 is 18.0 Å². The van der Waals surface area contributed by atoms with E-state index in [2.05, 4.69) is 0 Å². The lowest BCUT2D eigenvalue weighted by molar-refractivity contribution is -0.116. The minimum Gasteiger partial charge on any atom is -0.299 e. The van der Waals surface area contributed by atoms with Crippen LogP contribution in [0.3, 0.4) is 0 Å². The summed E-state index contributed by atoms with van der Waals surface area (Å²) in [6.07, 6.45) is 0. The minimum atomic E-state index is -3.68. The molecule has 0 saturated carbocycles. The molecule has 6 heteroatoms. The summed E-state index contributed by atoms with van der Waals surface area (Å²) < 4.78 is 24.0. The summed E-state index contributed by atoms with van der Waals surface area (Å²) in [6.45, 7) is 2.57. The summed E-state index contributed by atoms with van der Waals surface area (Å²) in [5.41, 5.74) is 0.347. The summed E-state index contributed by atoms with van der Waals surface area (Å²) in [4.78, 5) is 22.4. The lowest BCUT2D eigenvalue weighted by atomic mass is 10.1. The fourth-order valence-corrected chi connectivity index (χ4v) is 2.85. The highest BCUT2D eigenvalue weighted by atomic mass is 35.5. The van der Waals surface area contributed by atoms with Crippen LogP contribution >= 0.6 is 11.6 Å². The molecule has 0 aliphatic heterocycles. The molecule has 4 nitrogen and oxygen atoms in total. The number of benzene rings is 1. The summed E-state index contributed by atoms with van der Waals surface area (Å²) in [5, 5.41) is -1.09. The Labute approximate surface area is 111 Å². The van der Waals surface area contributed by atoms with Crippen molar-refractivity contribution in [3.05, 3.63) is 29.8 Å². The first kappa shape index (κ1) is 14.9. The summed E-state index contributed by atoms with van der Waals surface area (Å²) in [7, 11) is -3.68. The van der Waals surface area contributed by atoms with Gasteiger partial charge in [0.1, 0.15) is 11.0 Å². The van der Waals surface area contributed by atoms with Crippen LogP contribution in [0.2, 0.25) is 0 Å². The lowest BCUT2D eigenvalue weighted by Gasteiger charge is -2.09. The molecule has 0 saturated heterocycles. The van der Waals surface area contributed by atoms with Crippen LogP contribution < -0.4 is 0 Å². The number of halogens is 1. The van der Waals surface area contributed by atoms with Crippen LogP contribution in [0.5, 0.6) is 0 Å². The number of ketones is 2. The predicted octanol–water partition coefficient (Wildman–Crippen LogP) is 1.86. The molecule has 1 atom stereocenters. The third kappa shape index (κ3) is 2.97. The van der Waals surface area contributed by atoms with Crippen LogP contribution in [0, 0.1) is 0 Å². The second kappa shape index (κ2) is 5.63. The van der Waals surface area contributed by atoms with E-state index in [1.807, 2.05) is 0 Å². The first-order chi connectivity index (χ1) is 8.30. The van der Waals surface area contributed by atoms with Crippen LogP contribution in [0.25, 0.3) is 0 Å². The van der Waals surface area contributed by atoms with Crippen LogP contribution in [0.15, 0.2) is 29.2 Å². The Bertz CT molecular complexity index is 560. The van der Waals surface area contributed by atoms with Crippen molar-refractivity contribution in [2.75, 3.05) is 5.88 Å². The zero-order valence-electron chi connectivity index (χ0n) is 10.0. The molecule has 0 heterocycles. The molecule has 0 bridgehead atoms. The van der Waals surface area contributed by atoms with Gasteiger partial charge in [-0.2, -0.15) is 0 Å². The Balaban J connectivity index is 3.13. The number of rotatable bonds is 5. The number of hydrogen-bond donors (Lipinski definition) is 0. The number of alkyl halides is 1. The second-order valence-corrected chi connectivity index (χ2v) is 6.41. The van der Waals surface area contributed by atoms with Crippen molar-refractivity contribution in [1.82, 2.24) is 0 Å². The largest absolute Gasteiger partial charge is 0.299 e. The number of sulfone groups is 1. The van der Waals surface area contributed by atoms with Gasteiger partial charge >= 0.3 is 0 Å². The Morgan fingerprint density at radius 1 is 1.22 bits per heavy atom. The van der Waals surface area contributed by atoms with Gasteiger partial charge in [0, 0.05) is 5.56 Å². The summed E-state index contributed by atoms with van der Waals surface area (Å²) in [6, 6.07) is 5.41. The zero-order chi connectivity index (χ0) is 13.9. The van der Waals surface area contributed by atoms with E-state index in [-0.39, 0.29) is 16.6 Å². The summed E-state index contributed by atoms with van der Waals surface area (Å²) >= 11 is 5.40. The van der Waals surface area contributed by atoms with E-state index >= 15 is 0 Å². The fourth-order valence-electron chi connectivity index (χ4n) is 1.33. The number of hydrogen-bond acceptors (Lipinski definition) is 4. The first-order valence-electron chi connectivity index (χ1n) is 5.24. The van der Waals surface area contributed by atoms with Gasteiger partial charge in [0.25, 0.3) is 0 Å². The Kier molecular flexibility index (Phi) is 4.65. The van der Waals surface area contributed by atoms with Gasteiger partial charge in [-0.05, 0) is 26.0 Å². The molecule has 1 aromatic carbocycles. The van der Waals surface area contributed by atoms with Crippen LogP contribution in [0.1, 0.15) is 24.2 Å². The van der Waals surface area contributed by atoms with Crippen molar-refractivity contribution in [1.29, 1.82) is 0 Å². The van der Waals surface area contributed by atoms with Gasteiger partial charge in [-0.1, -0.05) is 12.1 Å². The van der Waals surface area contributed by atoms with E-state index < -0.39 is 20.9 Å². The topological polar surface area (TPSA) is 68.3 Å². The molecule has 1 aromatic rings. The summed E-state index contributed by atoms with van der Waals surface area (Å²) in [5.74, 6) is -0.855. The predicted molar refractivity (Wildman–Crippen MR) is 68.8 cm³/mol. The van der Waals surface area contributed by atoms with Crippen LogP contribution in [-0.4, -0.2) is 31.1 Å². The molecule has 18 heavy (non-hydrogen) atoms. The van der Waals surface area contributed by atoms with E-state index in [0.717, 1.165) is 0 Å². The Morgan fingerprint density at radius 3 is 2.11 bits per heavy atom. The maximum Gasteiger partial charge on any atom is 0.188 e. The van der Waals surface area contributed by atoms with Gasteiger partial charge in [-0.3, -0.25) is 9.59 Å². The quantitative estimate of drug-likeness (QED) is 0.612. The number of Topliss-reactive ketones (excluding diaryl/α,β-unsaturated/α-hetero) is 2. The second-order valence-electron chi connectivity index (χ2n) is 3.88. The normalized spacial score (nSPS) is 13.1. The Hall–Kier alpha value is -1.20. The van der Waals surface area contributed by atoms with Crippen molar-refractivity contribution in [3.63, 3.8) is 0 Å². The van der Waals surface area contributed by atoms with Gasteiger partial charge in [-0.15, -0.1) is 11.6 Å². The third-order valence-corrected chi connectivity index (χ3v) is 5.10. The monoisotopic (exact) mass is 288 g/mol. The number of carbonyl (C=O) groups excluding carboxylic acids is 2. The maximum absolute atomic E-state index is 12.0. The molecule has 0 radical (unpaired) electrons. The molecule has 98 valence electrons. The van der Waals surface area contributed by atoms with E-state index in [1.165, 1.54) is 38.1 Å². The van der Waals surface area contributed by atoms with Crippen molar-refractivity contribution >= 4 is 33.0 Å². The highest BCUT2D eigenvalue weighted by Crippen LogP contribution is 2.17. The molecule has 0 spiro atoms. The molecule has 1 unspecified atom stereocenters. The van der Waals surface area contributed by atoms with Crippen molar-refractivity contribution in [3.8, 4) is 0 Å². The molecule has 1 rings (SSSR count). The molecule has 0 fully saturated rings. The minimum absolute atomic E-state index is 0.0244. The highest BCUT2D eigenvalue weighted by Gasteiger charge is 2.26. The standard InChI is InChI=1S/C12H13ClO4S/c1-8(14)9(2)18(16,17)11-5-3-10(4-6-11)12(15)7-13/h3-6,9H,7H2,1-2H3. The average molecular weight is 289 g/mol. The molecular formula is C12H13ClO4S. The van der Waals surface area contributed by atoms with Gasteiger partial charge in [-0.25, -0.2) is 8.42 Å². The molecule has 0 amide bonds. The van der Waals surface area contributed by atoms with E-state index in [9.17, 15) is 18.0 Å². The van der Waals surface area contributed by atoms with Gasteiger partial charge in [0.2, 0.25) is 0 Å². The van der Waals surface area contributed by atoms with E-state index in [4.69, 9.17) is 11.6 Å². The van der Waals surface area contributed by atoms with E-state index in [0.29, 0.717) is 5.56 Å². The van der Waals surface area contributed by atoms with Gasteiger partial charge in [0.15, 0.2) is 15.6 Å². The SMILES string of the molecule is CC(=O)C(C)S(=O)(=O)c1ccc(C(=O)CCl)cc1.